The zero-order valence-electron chi connectivity index (χ0n) is 75.3. The predicted octanol–water partition coefficient (Wildman–Crippen LogP) is 11.3. The second-order valence-corrected chi connectivity index (χ2v) is 39.7. The minimum absolute atomic E-state index is 0.00217. The molecule has 0 aliphatic carbocycles. The predicted molar refractivity (Wildman–Crippen MR) is 478 cm³/mol. The number of ketones is 6. The summed E-state index contributed by atoms with van der Waals surface area (Å²) in [5, 5.41) is 29.0. The highest BCUT2D eigenvalue weighted by atomic mass is 16.2. The van der Waals surface area contributed by atoms with Crippen molar-refractivity contribution >= 4 is 57.4 Å². The van der Waals surface area contributed by atoms with Gasteiger partial charge in [-0.15, -0.1) is 0 Å². The maximum atomic E-state index is 12.3. The Morgan fingerprint density at radius 3 is 1.30 bits per heavy atom. The van der Waals surface area contributed by atoms with Crippen molar-refractivity contribution in [3.63, 3.8) is 0 Å². The molecule has 0 radical (unpaired) electrons. The summed E-state index contributed by atoms with van der Waals surface area (Å²) in [5.41, 5.74) is 11.5. The summed E-state index contributed by atoms with van der Waals surface area (Å²) < 4.78 is 0. The normalized spacial score (nSPS) is 36.0. The number of piperidine rings is 2. The van der Waals surface area contributed by atoms with Crippen LogP contribution in [0.15, 0.2) is 134 Å². The van der Waals surface area contributed by atoms with Gasteiger partial charge in [-0.05, 0) is 235 Å². The zero-order valence-corrected chi connectivity index (χ0v) is 75.3. The summed E-state index contributed by atoms with van der Waals surface area (Å²) in [6.45, 7) is 33.9. The number of likely N-dealkylation sites (N-methyl/N-ethyl adjacent to an activating group) is 6. The Bertz CT molecular complexity index is 4520. The number of carbonyl (C=O) groups excluding carboxylic acids is 6. The van der Waals surface area contributed by atoms with Crippen LogP contribution in [0.3, 0.4) is 0 Å². The molecule has 20 rings (SSSR count). The number of aromatic nitrogens is 4. The number of pyridine rings is 4. The third kappa shape index (κ3) is 15.8. The Labute approximate surface area is 718 Å². The molecule has 2 aromatic carbocycles. The fourth-order valence-electron chi connectivity index (χ4n) is 26.2. The molecule has 0 bridgehead atoms. The van der Waals surface area contributed by atoms with Crippen LogP contribution in [0.25, 0.3) is 0 Å². The van der Waals surface area contributed by atoms with Gasteiger partial charge in [0.2, 0.25) is 0 Å². The van der Waals surface area contributed by atoms with Gasteiger partial charge in [0.15, 0.2) is 0 Å². The van der Waals surface area contributed by atoms with Crippen molar-refractivity contribution in [3.8, 4) is 0 Å². The van der Waals surface area contributed by atoms with E-state index in [1.54, 1.807) is 41.5 Å². The maximum Gasteiger partial charge on any atom is 0.147 e. The molecule has 28 unspecified atom stereocenters. The van der Waals surface area contributed by atoms with Crippen molar-refractivity contribution in [3.05, 3.63) is 168 Å². The largest absolute Gasteiger partial charge is 0.369 e. The molecule has 4 aromatic heterocycles. The first-order valence-corrected chi connectivity index (χ1v) is 45.0. The fraction of sp³-hybridized carbons (Fsp3) is 0.608. The van der Waals surface area contributed by atoms with E-state index in [1.165, 1.54) is 36.0 Å². The molecule has 14 aliphatic heterocycles. The number of nitrogens with zero attached hydrogens (tertiary/aromatic N) is 10. The van der Waals surface area contributed by atoms with E-state index in [0.717, 1.165) is 59.5 Å². The van der Waals surface area contributed by atoms with E-state index in [1.807, 2.05) is 120 Å². The number of benzene rings is 2. The van der Waals surface area contributed by atoms with Crippen molar-refractivity contribution < 1.29 is 28.8 Å². The molecule has 121 heavy (non-hydrogen) atoms. The average Bonchev–Trinajstić information content (AvgIpc) is 1.59. The number of hydrogen-bond acceptors (Lipinski definition) is 24. The van der Waals surface area contributed by atoms with Gasteiger partial charge in [-0.1, -0.05) is 123 Å². The molecular weight excluding hydrogens is 1510 g/mol. The van der Waals surface area contributed by atoms with Gasteiger partial charge < -0.3 is 31.9 Å². The van der Waals surface area contributed by atoms with Crippen LogP contribution in [0.4, 0.5) is 22.7 Å². The topological polar surface area (TPSA) is 270 Å². The van der Waals surface area contributed by atoms with E-state index in [-0.39, 0.29) is 125 Å². The smallest absolute Gasteiger partial charge is 0.147 e. The van der Waals surface area contributed by atoms with E-state index >= 15 is 0 Å². The molecule has 0 spiro atoms. The molecule has 0 amide bonds. The van der Waals surface area contributed by atoms with Crippen molar-refractivity contribution in [1.29, 1.82) is 0 Å². The summed E-state index contributed by atoms with van der Waals surface area (Å²) in [4.78, 5) is 104. The van der Waals surface area contributed by atoms with Gasteiger partial charge in [-0.3, -0.25) is 88.7 Å². The average molecular weight is 1650 g/mol. The first-order valence-electron chi connectivity index (χ1n) is 45.0. The Morgan fingerprint density at radius 2 is 0.802 bits per heavy atom. The molecule has 24 nitrogen and oxygen atoms in total. The van der Waals surface area contributed by atoms with E-state index in [4.69, 9.17) is 0 Å². The third-order valence-electron chi connectivity index (χ3n) is 30.7. The molecule has 24 heteroatoms. The monoisotopic (exact) mass is 1650 g/mol. The second-order valence-electron chi connectivity index (χ2n) is 39.7. The molecule has 14 aliphatic rings. The number of fused-ring (bicyclic) bond motifs is 18. The van der Waals surface area contributed by atoms with Gasteiger partial charge in [-0.25, -0.2) is 0 Å². The summed E-state index contributed by atoms with van der Waals surface area (Å²) >= 11 is 0. The summed E-state index contributed by atoms with van der Waals surface area (Å²) in [7, 11) is 12.4. The Balaban J connectivity index is 0.000000113. The highest BCUT2D eigenvalue weighted by molar-refractivity contribution is 5.87. The maximum absolute atomic E-state index is 12.3. The van der Waals surface area contributed by atoms with Crippen LogP contribution in [-0.2, 0) is 28.8 Å². The summed E-state index contributed by atoms with van der Waals surface area (Å²) in [6, 6.07) is 36.6. The lowest BCUT2D eigenvalue weighted by Gasteiger charge is -2.35. The SMILES string of the molecule is CC(=O)C1C(C(C)(C)C)C2c3ncccc3NC2N1C.CC(=O)C1C(C(C)C)C2C3CNCCC3NC2N1C.CC(=O)C1C(C(C)C)C2C3NCCCC3NC2N1C.CC(=O)C1C(C(C)C)C2c3ncccc3NC2N1C.CC(=O)C1C(c2ccccc2)C2c3cnccc3NC2N1C.CC(=O)C1C(c2ccccc2)C2c3ncccc3NC2N1C. The first-order chi connectivity index (χ1) is 57.7. The number of rotatable bonds is 11. The number of Topliss-reactive ketones (excluding diaryl/α,β-unsaturated/α-hetero) is 6. The van der Waals surface area contributed by atoms with Crippen molar-refractivity contribution in [2.24, 2.45) is 64.6 Å². The minimum Gasteiger partial charge on any atom is -0.369 e. The van der Waals surface area contributed by atoms with Crippen LogP contribution in [0.2, 0.25) is 0 Å². The van der Waals surface area contributed by atoms with E-state index < -0.39 is 0 Å². The number of likely N-dealkylation sites (tertiary alicyclic amines) is 6. The highest BCUT2D eigenvalue weighted by Gasteiger charge is 2.63. The third-order valence-corrected chi connectivity index (χ3v) is 30.7. The van der Waals surface area contributed by atoms with Crippen molar-refractivity contribution in [2.45, 2.75) is 250 Å². The summed E-state index contributed by atoms with van der Waals surface area (Å²) in [6.07, 6.45) is 14.5. The van der Waals surface area contributed by atoms with E-state index in [9.17, 15) is 28.8 Å². The lowest BCUT2D eigenvalue weighted by molar-refractivity contribution is -0.124. The van der Waals surface area contributed by atoms with Gasteiger partial charge in [0.25, 0.3) is 0 Å². The van der Waals surface area contributed by atoms with Gasteiger partial charge in [0.05, 0.1) is 107 Å². The Morgan fingerprint density at radius 1 is 0.397 bits per heavy atom. The van der Waals surface area contributed by atoms with Crippen molar-refractivity contribution in [1.82, 2.24) is 70.6 Å². The molecule has 8 N–H and O–H groups in total. The van der Waals surface area contributed by atoms with Crippen LogP contribution in [0.1, 0.15) is 192 Å². The molecule has 6 aromatic rings. The van der Waals surface area contributed by atoms with Gasteiger partial charge in [0, 0.05) is 102 Å². The van der Waals surface area contributed by atoms with Crippen molar-refractivity contribution in [2.75, 3.05) is 83.2 Å². The lowest BCUT2D eigenvalue weighted by Crippen LogP contribution is -2.52. The number of hydrogen-bond donors (Lipinski definition) is 8. The number of carbonyl (C=O) groups is 6. The van der Waals surface area contributed by atoms with Gasteiger partial charge in [-0.2, -0.15) is 0 Å². The van der Waals surface area contributed by atoms with Crippen LogP contribution >= 0.6 is 0 Å². The highest BCUT2D eigenvalue weighted by Crippen LogP contribution is 2.58. The molecule has 18 heterocycles. The van der Waals surface area contributed by atoms with Crippen LogP contribution in [0, 0.1) is 64.6 Å². The van der Waals surface area contributed by atoms with Crippen LogP contribution in [-0.4, -0.2) is 237 Å². The first kappa shape index (κ1) is 87.7. The number of nitrogens with one attached hydrogen (secondary N) is 8. The van der Waals surface area contributed by atoms with Crippen LogP contribution < -0.4 is 42.5 Å². The molecular formula is C97H136N18O6. The van der Waals surface area contributed by atoms with E-state index in [0.29, 0.717) is 101 Å². The minimum atomic E-state index is -0.111. The standard InChI is InChI=1S/2C18H19N3O.C16H23N3O.2C15H27N3O.C15H21N3O/c1-11(22)17-14(12-7-4-3-5-8-12)15-16-13(9-6-10-19-16)20-18(15)21(17)2;1-11(22)17-15(12-6-4-3-5-7-12)16-13-10-19-9-8-14(13)20-18(16)21(17)2;1-9(20)14-12(16(2,3)4)11-13-10(7-6-8-17-13)18-15(11)19(14)5;1-8(2)12-13-10-7-16-6-5-11(10)17-15(13)18(4)14(12)9(3)19;2*1-8(2)11-12-13-10(6-5-7-16-13)17-15(12)18(4)14(11)9(3)19/h3-10,14-15,17-18,20H,1-2H3;3-10,15-18,20H,1-2H3;6-8,11-12,14-15,18H,1-5H3;2*8,10-17H,5-7H2,1-4H3;5-8,11-12,14-15,17H,1-4H3. The Hall–Kier alpha value is -8.14. The lowest BCUT2D eigenvalue weighted by atomic mass is 9.69. The Kier molecular flexibility index (Phi) is 25.7. The fourth-order valence-corrected chi connectivity index (χ4v) is 26.2. The molecule has 0 saturated carbocycles. The second kappa shape index (κ2) is 35.5. The van der Waals surface area contributed by atoms with E-state index in [2.05, 4.69) is 211 Å². The van der Waals surface area contributed by atoms with Gasteiger partial charge in [0.1, 0.15) is 34.7 Å². The molecule has 650 valence electrons. The number of anilines is 4. The molecule has 10 saturated heterocycles. The zero-order chi connectivity index (χ0) is 86.4. The summed E-state index contributed by atoms with van der Waals surface area (Å²) in [5.74, 6) is 7.99. The van der Waals surface area contributed by atoms with Crippen LogP contribution in [0.5, 0.6) is 0 Å². The quantitative estimate of drug-likeness (QED) is 0.0599. The molecule has 28 atom stereocenters. The van der Waals surface area contributed by atoms with Gasteiger partial charge >= 0.3 is 0 Å². The molecule has 10 fully saturated rings.